The van der Waals surface area contributed by atoms with Crippen LogP contribution in [-0.4, -0.2) is 19.6 Å². The standard InChI is InChI=1S/C16H27FN2/c1-4-7-11-19(6-3)16-12-14(8-9-15(16)17)13-18-10-5-2/h8-9,12,18H,4-7,10-11,13H2,1-3H3. The number of benzene rings is 1. The van der Waals surface area contributed by atoms with Gasteiger partial charge >= 0.3 is 0 Å². The summed E-state index contributed by atoms with van der Waals surface area (Å²) in [5, 5.41) is 3.36. The minimum atomic E-state index is -0.114. The van der Waals surface area contributed by atoms with E-state index >= 15 is 0 Å². The van der Waals surface area contributed by atoms with Gasteiger partial charge in [0.25, 0.3) is 0 Å². The molecule has 0 unspecified atom stereocenters. The Morgan fingerprint density at radius 2 is 1.95 bits per heavy atom. The Bertz CT molecular complexity index is 366. The van der Waals surface area contributed by atoms with Crippen molar-refractivity contribution in [3.05, 3.63) is 29.6 Å². The average molecular weight is 266 g/mol. The zero-order valence-corrected chi connectivity index (χ0v) is 12.5. The second-order valence-electron chi connectivity index (χ2n) is 4.90. The van der Waals surface area contributed by atoms with Crippen molar-refractivity contribution < 1.29 is 4.39 Å². The lowest BCUT2D eigenvalue weighted by Crippen LogP contribution is -2.25. The minimum absolute atomic E-state index is 0.114. The fourth-order valence-electron chi connectivity index (χ4n) is 2.12. The van der Waals surface area contributed by atoms with Crippen LogP contribution >= 0.6 is 0 Å². The van der Waals surface area contributed by atoms with Gasteiger partial charge in [-0.05, 0) is 44.0 Å². The van der Waals surface area contributed by atoms with Gasteiger partial charge in [-0.25, -0.2) is 4.39 Å². The zero-order valence-electron chi connectivity index (χ0n) is 12.5. The highest BCUT2D eigenvalue weighted by atomic mass is 19.1. The normalized spacial score (nSPS) is 10.7. The first-order valence-electron chi connectivity index (χ1n) is 7.47. The van der Waals surface area contributed by atoms with Crippen LogP contribution < -0.4 is 10.2 Å². The predicted octanol–water partition coefficient (Wildman–Crippen LogP) is 3.95. The molecule has 1 aromatic rings. The van der Waals surface area contributed by atoms with Crippen molar-refractivity contribution in [1.82, 2.24) is 5.32 Å². The smallest absolute Gasteiger partial charge is 0.146 e. The van der Waals surface area contributed by atoms with Crippen molar-refractivity contribution in [2.75, 3.05) is 24.5 Å². The highest BCUT2D eigenvalue weighted by Gasteiger charge is 2.10. The van der Waals surface area contributed by atoms with Gasteiger partial charge in [0.15, 0.2) is 0 Å². The fraction of sp³-hybridized carbons (Fsp3) is 0.625. The number of hydrogen-bond acceptors (Lipinski definition) is 2. The molecule has 0 saturated carbocycles. The Morgan fingerprint density at radius 1 is 1.16 bits per heavy atom. The van der Waals surface area contributed by atoms with Crippen LogP contribution in [0.3, 0.4) is 0 Å². The molecule has 0 aliphatic heterocycles. The van der Waals surface area contributed by atoms with Crippen molar-refractivity contribution in [2.24, 2.45) is 0 Å². The maximum atomic E-state index is 14.0. The van der Waals surface area contributed by atoms with E-state index in [1.807, 2.05) is 12.1 Å². The van der Waals surface area contributed by atoms with Gasteiger partial charge < -0.3 is 10.2 Å². The number of unbranched alkanes of at least 4 members (excludes halogenated alkanes) is 1. The van der Waals surface area contributed by atoms with Crippen LogP contribution in [0, 0.1) is 5.82 Å². The van der Waals surface area contributed by atoms with Crippen LogP contribution in [0.5, 0.6) is 0 Å². The van der Waals surface area contributed by atoms with Crippen LogP contribution in [0.15, 0.2) is 18.2 Å². The van der Waals surface area contributed by atoms with E-state index in [2.05, 4.69) is 31.0 Å². The molecule has 0 bridgehead atoms. The molecule has 0 atom stereocenters. The lowest BCUT2D eigenvalue weighted by atomic mass is 10.1. The molecule has 2 nitrogen and oxygen atoms in total. The van der Waals surface area contributed by atoms with Gasteiger partial charge in [0.2, 0.25) is 0 Å². The van der Waals surface area contributed by atoms with E-state index in [1.165, 1.54) is 0 Å². The van der Waals surface area contributed by atoms with Gasteiger partial charge in [0.05, 0.1) is 5.69 Å². The monoisotopic (exact) mass is 266 g/mol. The van der Waals surface area contributed by atoms with Gasteiger partial charge in [-0.15, -0.1) is 0 Å². The molecule has 3 heteroatoms. The topological polar surface area (TPSA) is 15.3 Å². The Kier molecular flexibility index (Phi) is 7.49. The zero-order chi connectivity index (χ0) is 14.1. The number of nitrogens with zero attached hydrogens (tertiary/aromatic N) is 1. The number of halogens is 1. The van der Waals surface area contributed by atoms with E-state index < -0.39 is 0 Å². The molecule has 19 heavy (non-hydrogen) atoms. The van der Waals surface area contributed by atoms with Crippen molar-refractivity contribution in [3.8, 4) is 0 Å². The molecule has 0 fully saturated rings. The number of rotatable bonds is 9. The van der Waals surface area contributed by atoms with E-state index in [1.54, 1.807) is 6.07 Å². The van der Waals surface area contributed by atoms with E-state index in [-0.39, 0.29) is 5.82 Å². The van der Waals surface area contributed by atoms with Crippen LogP contribution in [0.2, 0.25) is 0 Å². The minimum Gasteiger partial charge on any atom is -0.369 e. The van der Waals surface area contributed by atoms with Crippen LogP contribution in [-0.2, 0) is 6.54 Å². The molecule has 0 aromatic heterocycles. The summed E-state index contributed by atoms with van der Waals surface area (Å²) in [6.07, 6.45) is 3.35. The van der Waals surface area contributed by atoms with Gasteiger partial charge in [-0.1, -0.05) is 26.3 Å². The molecule has 0 heterocycles. The van der Waals surface area contributed by atoms with E-state index in [9.17, 15) is 4.39 Å². The first kappa shape index (κ1) is 16.0. The summed E-state index contributed by atoms with van der Waals surface area (Å²) in [6, 6.07) is 5.44. The summed E-state index contributed by atoms with van der Waals surface area (Å²) in [4.78, 5) is 2.13. The molecule has 108 valence electrons. The molecule has 0 spiro atoms. The first-order valence-corrected chi connectivity index (χ1v) is 7.47. The Balaban J connectivity index is 2.76. The summed E-state index contributed by atoms with van der Waals surface area (Å²) in [7, 11) is 0. The largest absolute Gasteiger partial charge is 0.369 e. The molecule has 0 aliphatic carbocycles. The molecular weight excluding hydrogens is 239 g/mol. The van der Waals surface area contributed by atoms with Crippen molar-refractivity contribution in [1.29, 1.82) is 0 Å². The second kappa shape index (κ2) is 8.92. The van der Waals surface area contributed by atoms with Crippen molar-refractivity contribution >= 4 is 5.69 Å². The molecular formula is C16H27FN2. The maximum Gasteiger partial charge on any atom is 0.146 e. The maximum absolute atomic E-state index is 14.0. The van der Waals surface area contributed by atoms with Gasteiger partial charge in [0, 0.05) is 19.6 Å². The quantitative estimate of drug-likeness (QED) is 0.681. The SMILES string of the molecule is CCCCN(CC)c1cc(CNCCC)ccc1F. The Morgan fingerprint density at radius 3 is 2.58 bits per heavy atom. The molecule has 1 aromatic carbocycles. The highest BCUT2D eigenvalue weighted by molar-refractivity contribution is 5.50. The summed E-state index contributed by atoms with van der Waals surface area (Å²) < 4.78 is 14.0. The van der Waals surface area contributed by atoms with Gasteiger partial charge in [0.1, 0.15) is 5.82 Å². The third-order valence-electron chi connectivity index (χ3n) is 3.27. The molecule has 0 radical (unpaired) electrons. The number of hydrogen-bond donors (Lipinski definition) is 1. The van der Waals surface area contributed by atoms with E-state index in [0.29, 0.717) is 0 Å². The second-order valence-corrected chi connectivity index (χ2v) is 4.90. The molecule has 1 rings (SSSR count). The number of nitrogens with one attached hydrogen (secondary N) is 1. The van der Waals surface area contributed by atoms with E-state index in [0.717, 1.165) is 56.7 Å². The predicted molar refractivity (Wildman–Crippen MR) is 81.2 cm³/mol. The van der Waals surface area contributed by atoms with Crippen molar-refractivity contribution in [3.63, 3.8) is 0 Å². The summed E-state index contributed by atoms with van der Waals surface area (Å²) in [5.74, 6) is -0.114. The molecule has 0 aliphatic rings. The lowest BCUT2D eigenvalue weighted by molar-refractivity contribution is 0.611. The summed E-state index contributed by atoms with van der Waals surface area (Å²) >= 11 is 0. The van der Waals surface area contributed by atoms with Crippen LogP contribution in [0.4, 0.5) is 10.1 Å². The Hall–Kier alpha value is -1.09. The Labute approximate surface area is 117 Å². The average Bonchev–Trinajstić information content (AvgIpc) is 2.43. The number of anilines is 1. The first-order chi connectivity index (χ1) is 9.22. The summed E-state index contributed by atoms with van der Waals surface area (Å²) in [5.41, 5.74) is 1.89. The van der Waals surface area contributed by atoms with Crippen LogP contribution in [0.1, 0.15) is 45.6 Å². The molecule has 0 saturated heterocycles. The lowest BCUT2D eigenvalue weighted by Gasteiger charge is -2.24. The molecule has 1 N–H and O–H groups in total. The van der Waals surface area contributed by atoms with Crippen LogP contribution in [0.25, 0.3) is 0 Å². The van der Waals surface area contributed by atoms with Gasteiger partial charge in [-0.3, -0.25) is 0 Å². The van der Waals surface area contributed by atoms with Crippen molar-refractivity contribution in [2.45, 2.75) is 46.6 Å². The van der Waals surface area contributed by atoms with E-state index in [4.69, 9.17) is 0 Å². The highest BCUT2D eigenvalue weighted by Crippen LogP contribution is 2.21. The third-order valence-corrected chi connectivity index (χ3v) is 3.27. The van der Waals surface area contributed by atoms with Gasteiger partial charge in [-0.2, -0.15) is 0 Å². The fourth-order valence-corrected chi connectivity index (χ4v) is 2.12. The summed E-state index contributed by atoms with van der Waals surface area (Å²) in [6.45, 7) is 9.98. The third kappa shape index (κ3) is 5.19. The molecule has 0 amide bonds.